The third-order valence-electron chi connectivity index (χ3n) is 2.47. The second kappa shape index (κ2) is 4.22. The lowest BCUT2D eigenvalue weighted by molar-refractivity contribution is -0.153. The summed E-state index contributed by atoms with van der Waals surface area (Å²) >= 11 is 5.82. The molecule has 1 aromatic rings. The Bertz CT molecular complexity index is 438. The predicted octanol–water partition coefficient (Wildman–Crippen LogP) is 2.11. The van der Waals surface area contributed by atoms with Crippen LogP contribution in [0.2, 0.25) is 5.02 Å². The van der Waals surface area contributed by atoms with E-state index in [1.165, 1.54) is 12.1 Å². The van der Waals surface area contributed by atoms with Crippen molar-refractivity contribution in [1.82, 2.24) is 0 Å². The van der Waals surface area contributed by atoms with E-state index in [9.17, 15) is 14.0 Å². The van der Waals surface area contributed by atoms with Crippen molar-refractivity contribution < 1.29 is 18.7 Å². The Morgan fingerprint density at radius 3 is 2.75 bits per heavy atom. The van der Waals surface area contributed by atoms with Crippen LogP contribution in [0.5, 0.6) is 0 Å². The van der Waals surface area contributed by atoms with Gasteiger partial charge in [0, 0.05) is 10.6 Å². The van der Waals surface area contributed by atoms with E-state index in [1.54, 1.807) is 6.07 Å². The molecule has 1 aliphatic heterocycles. The first kappa shape index (κ1) is 11.1. The lowest BCUT2D eigenvalue weighted by atomic mass is 9.97. The molecule has 0 aromatic heterocycles. The Kier molecular flexibility index (Phi) is 2.92. The minimum Gasteiger partial charge on any atom is -0.393 e. The molecule has 1 fully saturated rings. The molecule has 0 bridgehead atoms. The summed E-state index contributed by atoms with van der Waals surface area (Å²) < 4.78 is 17.8. The lowest BCUT2D eigenvalue weighted by Crippen LogP contribution is -2.11. The van der Waals surface area contributed by atoms with Gasteiger partial charge in [-0.15, -0.1) is 0 Å². The van der Waals surface area contributed by atoms with Crippen LogP contribution in [0, 0.1) is 11.7 Å². The maximum absolute atomic E-state index is 13.4. The van der Waals surface area contributed by atoms with Crippen LogP contribution in [-0.4, -0.2) is 11.9 Å². The van der Waals surface area contributed by atoms with E-state index >= 15 is 0 Å². The highest BCUT2D eigenvalue weighted by Crippen LogP contribution is 2.26. The number of halogens is 2. The number of cyclic esters (lactones) is 2. The van der Waals surface area contributed by atoms with Gasteiger partial charge in [-0.1, -0.05) is 17.7 Å². The van der Waals surface area contributed by atoms with Crippen molar-refractivity contribution in [2.75, 3.05) is 0 Å². The lowest BCUT2D eigenvalue weighted by Gasteiger charge is -2.07. The average Bonchev–Trinajstić information content (AvgIpc) is 2.51. The monoisotopic (exact) mass is 242 g/mol. The molecule has 16 heavy (non-hydrogen) atoms. The number of benzene rings is 1. The Hall–Kier alpha value is -1.42. The number of hydrogen-bond donors (Lipinski definition) is 0. The summed E-state index contributed by atoms with van der Waals surface area (Å²) in [5.41, 5.74) is 0.251. The fourth-order valence-corrected chi connectivity index (χ4v) is 1.89. The number of esters is 2. The van der Waals surface area contributed by atoms with Crippen molar-refractivity contribution in [1.29, 1.82) is 0 Å². The first-order chi connectivity index (χ1) is 7.58. The molecule has 1 aliphatic rings. The summed E-state index contributed by atoms with van der Waals surface area (Å²) in [5.74, 6) is -2.27. The maximum Gasteiger partial charge on any atom is 0.317 e. The molecule has 0 radical (unpaired) electrons. The van der Waals surface area contributed by atoms with E-state index in [0.717, 1.165) is 0 Å². The Morgan fingerprint density at radius 2 is 2.19 bits per heavy atom. The molecule has 3 nitrogen and oxygen atoms in total. The van der Waals surface area contributed by atoms with Gasteiger partial charge in [0.25, 0.3) is 0 Å². The van der Waals surface area contributed by atoms with E-state index < -0.39 is 23.7 Å². The standard InChI is InChI=1S/C11H8ClFO3/c12-8-2-1-3-9(13)7(8)4-6-5-10(14)16-11(6)15/h1-3,6H,4-5H2. The van der Waals surface area contributed by atoms with Crippen LogP contribution in [0.25, 0.3) is 0 Å². The summed E-state index contributed by atoms with van der Waals surface area (Å²) in [6.07, 6.45) is 0.0829. The van der Waals surface area contributed by atoms with Crippen molar-refractivity contribution in [3.05, 3.63) is 34.6 Å². The largest absolute Gasteiger partial charge is 0.393 e. The SMILES string of the molecule is O=C1CC(Cc2c(F)cccc2Cl)C(=O)O1. The Labute approximate surface area is 96.2 Å². The van der Waals surface area contributed by atoms with Crippen LogP contribution in [0.3, 0.4) is 0 Å². The zero-order chi connectivity index (χ0) is 11.7. The zero-order valence-electron chi connectivity index (χ0n) is 8.20. The number of carbonyl (C=O) groups is 2. The van der Waals surface area contributed by atoms with Crippen LogP contribution in [0.1, 0.15) is 12.0 Å². The van der Waals surface area contributed by atoms with Crippen molar-refractivity contribution in [3.63, 3.8) is 0 Å². The molecular formula is C11H8ClFO3. The van der Waals surface area contributed by atoms with Crippen LogP contribution >= 0.6 is 11.6 Å². The predicted molar refractivity (Wildman–Crippen MR) is 54.3 cm³/mol. The summed E-state index contributed by atoms with van der Waals surface area (Å²) in [5, 5.41) is 0.257. The van der Waals surface area contributed by atoms with Crippen LogP contribution in [0.4, 0.5) is 4.39 Å². The zero-order valence-corrected chi connectivity index (χ0v) is 8.96. The van der Waals surface area contributed by atoms with Gasteiger partial charge in [-0.2, -0.15) is 0 Å². The van der Waals surface area contributed by atoms with Gasteiger partial charge in [0.2, 0.25) is 0 Å². The molecule has 1 unspecified atom stereocenters. The minimum atomic E-state index is -0.623. The number of ether oxygens (including phenoxy) is 1. The molecule has 5 heteroatoms. The van der Waals surface area contributed by atoms with Gasteiger partial charge in [-0.25, -0.2) is 4.39 Å². The Morgan fingerprint density at radius 1 is 1.44 bits per heavy atom. The topological polar surface area (TPSA) is 43.4 Å². The summed E-state index contributed by atoms with van der Waals surface area (Å²) in [6, 6.07) is 4.30. The number of rotatable bonds is 2. The average molecular weight is 243 g/mol. The second-order valence-corrected chi connectivity index (χ2v) is 4.01. The van der Waals surface area contributed by atoms with E-state index in [-0.39, 0.29) is 23.4 Å². The summed E-state index contributed by atoms with van der Waals surface area (Å²) in [4.78, 5) is 22.1. The molecule has 1 aromatic carbocycles. The molecule has 2 rings (SSSR count). The van der Waals surface area contributed by atoms with Crippen molar-refractivity contribution in [3.8, 4) is 0 Å². The third-order valence-corrected chi connectivity index (χ3v) is 2.83. The van der Waals surface area contributed by atoms with Gasteiger partial charge < -0.3 is 4.74 Å². The number of carbonyl (C=O) groups excluding carboxylic acids is 2. The van der Waals surface area contributed by atoms with Gasteiger partial charge in [0.05, 0.1) is 12.3 Å². The van der Waals surface area contributed by atoms with Crippen LogP contribution < -0.4 is 0 Å². The third kappa shape index (κ3) is 2.07. The summed E-state index contributed by atoms with van der Waals surface area (Å²) in [6.45, 7) is 0. The highest BCUT2D eigenvalue weighted by Gasteiger charge is 2.34. The molecule has 0 aliphatic carbocycles. The highest BCUT2D eigenvalue weighted by atomic mass is 35.5. The van der Waals surface area contributed by atoms with Gasteiger partial charge >= 0.3 is 11.9 Å². The van der Waals surface area contributed by atoms with Gasteiger partial charge in [-0.05, 0) is 18.6 Å². The minimum absolute atomic E-state index is 0.0104. The van der Waals surface area contributed by atoms with E-state index in [1.807, 2.05) is 0 Å². The van der Waals surface area contributed by atoms with Crippen molar-refractivity contribution in [2.24, 2.45) is 5.92 Å². The normalized spacial score (nSPS) is 20.0. The fraction of sp³-hybridized carbons (Fsp3) is 0.273. The van der Waals surface area contributed by atoms with Gasteiger partial charge in [0.15, 0.2) is 0 Å². The van der Waals surface area contributed by atoms with E-state index in [2.05, 4.69) is 4.74 Å². The molecule has 0 amide bonds. The molecule has 0 spiro atoms. The highest BCUT2D eigenvalue weighted by molar-refractivity contribution is 6.31. The molecule has 1 saturated heterocycles. The summed E-state index contributed by atoms with van der Waals surface area (Å²) in [7, 11) is 0. The molecule has 0 saturated carbocycles. The molecule has 1 atom stereocenters. The molecule has 0 N–H and O–H groups in total. The molecule has 84 valence electrons. The van der Waals surface area contributed by atoms with E-state index in [4.69, 9.17) is 11.6 Å². The maximum atomic E-state index is 13.4. The Balaban J connectivity index is 2.21. The van der Waals surface area contributed by atoms with Crippen LogP contribution in [0.15, 0.2) is 18.2 Å². The smallest absolute Gasteiger partial charge is 0.317 e. The van der Waals surface area contributed by atoms with Crippen LogP contribution in [-0.2, 0) is 20.7 Å². The second-order valence-electron chi connectivity index (χ2n) is 3.60. The first-order valence-corrected chi connectivity index (χ1v) is 5.13. The first-order valence-electron chi connectivity index (χ1n) is 4.75. The van der Waals surface area contributed by atoms with E-state index in [0.29, 0.717) is 0 Å². The quantitative estimate of drug-likeness (QED) is 0.589. The van der Waals surface area contributed by atoms with Crippen molar-refractivity contribution >= 4 is 23.5 Å². The van der Waals surface area contributed by atoms with Gasteiger partial charge in [0.1, 0.15) is 5.82 Å². The molecule has 1 heterocycles. The molecular weight excluding hydrogens is 235 g/mol. The van der Waals surface area contributed by atoms with Crippen molar-refractivity contribution in [2.45, 2.75) is 12.8 Å². The number of hydrogen-bond acceptors (Lipinski definition) is 3. The fourth-order valence-electron chi connectivity index (χ4n) is 1.65. The van der Waals surface area contributed by atoms with Gasteiger partial charge in [-0.3, -0.25) is 9.59 Å².